The SMILES string of the molecule is COc1cc(/C=C(\C#N)C(=O)Nc2c(Cl)cccc2Cl)c([N+](=O)[O-])cc1OC. The van der Waals surface area contributed by atoms with Crippen LogP contribution in [0.1, 0.15) is 5.56 Å². The van der Waals surface area contributed by atoms with Crippen LogP contribution in [0.5, 0.6) is 11.5 Å². The number of nitrogens with one attached hydrogen (secondary N) is 1. The largest absolute Gasteiger partial charge is 0.493 e. The Morgan fingerprint density at radius 2 is 1.79 bits per heavy atom. The van der Waals surface area contributed by atoms with Crippen LogP contribution in [0.3, 0.4) is 0 Å². The molecule has 0 atom stereocenters. The Balaban J connectivity index is 2.50. The predicted octanol–water partition coefficient (Wildman–Crippen LogP) is 4.46. The number of nitrogens with zero attached hydrogens (tertiary/aromatic N) is 2. The number of anilines is 1. The van der Waals surface area contributed by atoms with E-state index in [-0.39, 0.29) is 38.5 Å². The van der Waals surface area contributed by atoms with Gasteiger partial charge in [0.05, 0.1) is 46.5 Å². The van der Waals surface area contributed by atoms with E-state index in [9.17, 15) is 20.2 Å². The molecule has 144 valence electrons. The van der Waals surface area contributed by atoms with Crippen LogP contribution in [-0.4, -0.2) is 25.1 Å². The number of carbonyl (C=O) groups is 1. The van der Waals surface area contributed by atoms with Crippen LogP contribution in [0.4, 0.5) is 11.4 Å². The summed E-state index contributed by atoms with van der Waals surface area (Å²) in [5.41, 5.74) is -0.654. The van der Waals surface area contributed by atoms with Crippen molar-refractivity contribution in [2.45, 2.75) is 0 Å². The lowest BCUT2D eigenvalue weighted by Crippen LogP contribution is -2.14. The monoisotopic (exact) mass is 421 g/mol. The van der Waals surface area contributed by atoms with Crippen molar-refractivity contribution in [2.24, 2.45) is 0 Å². The molecule has 0 fully saturated rings. The van der Waals surface area contributed by atoms with Gasteiger partial charge in [-0.05, 0) is 24.3 Å². The summed E-state index contributed by atoms with van der Waals surface area (Å²) >= 11 is 12.0. The summed E-state index contributed by atoms with van der Waals surface area (Å²) in [6.45, 7) is 0. The van der Waals surface area contributed by atoms with Crippen molar-refractivity contribution in [3.63, 3.8) is 0 Å². The third-order valence-corrected chi connectivity index (χ3v) is 4.23. The van der Waals surface area contributed by atoms with E-state index in [1.54, 1.807) is 12.1 Å². The number of hydrogen-bond acceptors (Lipinski definition) is 6. The molecule has 10 heteroatoms. The zero-order valence-corrected chi connectivity index (χ0v) is 16.2. The highest BCUT2D eigenvalue weighted by Crippen LogP contribution is 2.36. The van der Waals surface area contributed by atoms with Gasteiger partial charge in [-0.2, -0.15) is 5.26 Å². The number of nitro groups is 1. The lowest BCUT2D eigenvalue weighted by atomic mass is 10.1. The number of hydrogen-bond donors (Lipinski definition) is 1. The molecule has 0 radical (unpaired) electrons. The van der Waals surface area contributed by atoms with Gasteiger partial charge in [0, 0.05) is 0 Å². The fraction of sp³-hybridized carbons (Fsp3) is 0.111. The molecule has 0 saturated heterocycles. The first kappa shape index (κ1) is 21.0. The lowest BCUT2D eigenvalue weighted by molar-refractivity contribution is -0.385. The highest BCUT2D eigenvalue weighted by atomic mass is 35.5. The fourth-order valence-corrected chi connectivity index (χ4v) is 2.75. The van der Waals surface area contributed by atoms with E-state index in [1.165, 1.54) is 32.4 Å². The van der Waals surface area contributed by atoms with Gasteiger partial charge in [-0.1, -0.05) is 29.3 Å². The Hall–Kier alpha value is -3.28. The minimum absolute atomic E-state index is 0.0143. The molecule has 28 heavy (non-hydrogen) atoms. The zero-order chi connectivity index (χ0) is 20.8. The molecule has 0 spiro atoms. The van der Waals surface area contributed by atoms with Gasteiger partial charge >= 0.3 is 0 Å². The van der Waals surface area contributed by atoms with Crippen LogP contribution in [-0.2, 0) is 4.79 Å². The third-order valence-electron chi connectivity index (χ3n) is 3.60. The number of methoxy groups -OCH3 is 2. The van der Waals surface area contributed by atoms with Crippen molar-refractivity contribution in [1.82, 2.24) is 0 Å². The molecular weight excluding hydrogens is 409 g/mol. The standard InChI is InChI=1S/C18H13Cl2N3O5/c1-27-15-7-10(14(23(25)26)8-16(15)28-2)6-11(9-21)18(24)22-17-12(19)4-3-5-13(17)20/h3-8H,1-2H3,(H,22,24)/b11-6+. The first-order valence-electron chi connectivity index (χ1n) is 7.60. The van der Waals surface area contributed by atoms with Gasteiger partial charge in [0.1, 0.15) is 11.6 Å². The molecule has 1 N–H and O–H groups in total. The van der Waals surface area contributed by atoms with E-state index in [4.69, 9.17) is 32.7 Å². The molecule has 0 aliphatic carbocycles. The van der Waals surface area contributed by atoms with Gasteiger partial charge in [-0.3, -0.25) is 14.9 Å². The third kappa shape index (κ3) is 4.52. The molecule has 1 amide bonds. The number of benzene rings is 2. The second kappa shape index (κ2) is 9.08. The number of ether oxygens (including phenoxy) is 2. The van der Waals surface area contributed by atoms with Crippen molar-refractivity contribution in [2.75, 3.05) is 19.5 Å². The summed E-state index contributed by atoms with van der Waals surface area (Å²) in [5, 5.41) is 23.5. The highest BCUT2D eigenvalue weighted by Gasteiger charge is 2.21. The maximum atomic E-state index is 12.5. The molecule has 0 aliphatic heterocycles. The summed E-state index contributed by atoms with van der Waals surface area (Å²) in [6, 6.07) is 8.76. The van der Waals surface area contributed by atoms with Gasteiger partial charge in [-0.15, -0.1) is 0 Å². The van der Waals surface area contributed by atoms with Gasteiger partial charge in [0.15, 0.2) is 11.5 Å². The molecule has 2 aromatic carbocycles. The van der Waals surface area contributed by atoms with Crippen molar-refractivity contribution in [1.29, 1.82) is 5.26 Å². The van der Waals surface area contributed by atoms with Gasteiger partial charge < -0.3 is 14.8 Å². The number of amides is 1. The van der Waals surface area contributed by atoms with E-state index in [0.29, 0.717) is 0 Å². The Morgan fingerprint density at radius 1 is 1.21 bits per heavy atom. The van der Waals surface area contributed by atoms with Gasteiger partial charge in [-0.25, -0.2) is 0 Å². The van der Waals surface area contributed by atoms with E-state index >= 15 is 0 Å². The number of nitriles is 1. The first-order chi connectivity index (χ1) is 13.3. The topological polar surface area (TPSA) is 114 Å². The lowest BCUT2D eigenvalue weighted by Gasteiger charge is -2.10. The van der Waals surface area contributed by atoms with Gasteiger partial charge in [0.2, 0.25) is 0 Å². The van der Waals surface area contributed by atoms with Crippen molar-refractivity contribution in [3.05, 3.63) is 61.6 Å². The quantitative estimate of drug-likeness (QED) is 0.318. The van der Waals surface area contributed by atoms with Crippen LogP contribution < -0.4 is 14.8 Å². The smallest absolute Gasteiger partial charge is 0.280 e. The van der Waals surface area contributed by atoms with E-state index in [0.717, 1.165) is 12.1 Å². The molecule has 0 bridgehead atoms. The predicted molar refractivity (Wildman–Crippen MR) is 105 cm³/mol. The molecule has 2 rings (SSSR count). The Bertz CT molecular complexity index is 995. The molecule has 0 aromatic heterocycles. The Labute approximate surface area is 170 Å². The minimum atomic E-state index is -0.832. The second-order valence-corrected chi connectivity index (χ2v) is 6.06. The summed E-state index contributed by atoms with van der Waals surface area (Å²) in [6.07, 6.45) is 1.07. The number of halogens is 2. The van der Waals surface area contributed by atoms with Crippen LogP contribution in [0, 0.1) is 21.4 Å². The van der Waals surface area contributed by atoms with E-state index < -0.39 is 16.4 Å². The molecular formula is C18H13Cl2N3O5. The van der Waals surface area contributed by atoms with E-state index in [1.807, 2.05) is 0 Å². The molecule has 8 nitrogen and oxygen atoms in total. The van der Waals surface area contributed by atoms with Crippen LogP contribution >= 0.6 is 23.2 Å². The number of rotatable bonds is 6. The van der Waals surface area contributed by atoms with E-state index in [2.05, 4.69) is 5.32 Å². The van der Waals surface area contributed by atoms with Crippen LogP contribution in [0.25, 0.3) is 6.08 Å². The number of carbonyl (C=O) groups excluding carboxylic acids is 1. The molecule has 0 saturated carbocycles. The average molecular weight is 422 g/mol. The number of para-hydroxylation sites is 1. The minimum Gasteiger partial charge on any atom is -0.493 e. The zero-order valence-electron chi connectivity index (χ0n) is 14.7. The average Bonchev–Trinajstić information content (AvgIpc) is 2.67. The second-order valence-electron chi connectivity index (χ2n) is 5.24. The summed E-state index contributed by atoms with van der Waals surface area (Å²) in [4.78, 5) is 23.2. The Morgan fingerprint density at radius 3 is 2.29 bits per heavy atom. The maximum Gasteiger partial charge on any atom is 0.280 e. The Kier molecular flexibility index (Phi) is 6.82. The van der Waals surface area contributed by atoms with Crippen molar-refractivity contribution < 1.29 is 19.2 Å². The summed E-state index contributed by atoms with van der Waals surface area (Å²) < 4.78 is 10.2. The molecule has 0 unspecified atom stereocenters. The highest BCUT2D eigenvalue weighted by molar-refractivity contribution is 6.40. The first-order valence-corrected chi connectivity index (χ1v) is 8.35. The number of nitro benzene ring substituents is 1. The summed E-state index contributed by atoms with van der Waals surface area (Å²) in [5.74, 6) is -0.495. The maximum absolute atomic E-state index is 12.5. The van der Waals surface area contributed by atoms with Crippen molar-refractivity contribution in [3.8, 4) is 17.6 Å². The normalized spacial score (nSPS) is 10.8. The summed E-state index contributed by atoms with van der Waals surface area (Å²) in [7, 11) is 2.69. The van der Waals surface area contributed by atoms with Crippen LogP contribution in [0.15, 0.2) is 35.9 Å². The van der Waals surface area contributed by atoms with Crippen LogP contribution in [0.2, 0.25) is 10.0 Å². The van der Waals surface area contributed by atoms with Gasteiger partial charge in [0.25, 0.3) is 11.6 Å². The molecule has 2 aromatic rings. The van der Waals surface area contributed by atoms with Crippen molar-refractivity contribution >= 4 is 46.6 Å². The molecule has 0 heterocycles. The fourth-order valence-electron chi connectivity index (χ4n) is 2.26. The molecule has 0 aliphatic rings.